The first-order valence-electron chi connectivity index (χ1n) is 6.19. The first-order valence-corrected chi connectivity index (χ1v) is 7.17. The summed E-state index contributed by atoms with van der Waals surface area (Å²) in [6, 6.07) is 3.34. The van der Waals surface area contributed by atoms with Gasteiger partial charge in [0.15, 0.2) is 4.98 Å². The van der Waals surface area contributed by atoms with Gasteiger partial charge in [-0.3, -0.25) is 4.90 Å². The molecule has 1 rings (SSSR count). The maximum atomic E-state index is 11.8. The first kappa shape index (κ1) is 16.1. The van der Waals surface area contributed by atoms with Gasteiger partial charge in [-0.25, -0.2) is 4.79 Å². The summed E-state index contributed by atoms with van der Waals surface area (Å²) in [6.45, 7) is 4.03. The molecule has 1 amide bonds. The molecule has 0 aliphatic carbocycles. The molecule has 0 saturated heterocycles. The third-order valence-electron chi connectivity index (χ3n) is 2.57. The number of carbonyl (C=O) groups excluding carboxylic acids is 1. The van der Waals surface area contributed by atoms with Crippen LogP contribution in [0.2, 0.25) is 0 Å². The van der Waals surface area contributed by atoms with Crippen LogP contribution in [-0.2, 0) is 4.74 Å². The molecule has 0 aliphatic rings. The highest BCUT2D eigenvalue weighted by atomic mass is 32.2. The fourth-order valence-electron chi connectivity index (χ4n) is 1.63. The normalized spacial score (nSPS) is 9.75. The molecule has 0 spiro atoms. The SMILES string of the molecule is CCOC(=O)N(C)c1cc(SCC)c(OC)cc1[N+]#N. The number of carbonyl (C=O) groups is 1. The van der Waals surface area contributed by atoms with Crippen LogP contribution in [0.4, 0.5) is 16.2 Å². The zero-order valence-corrected chi connectivity index (χ0v) is 12.9. The van der Waals surface area contributed by atoms with Crippen molar-refractivity contribution in [2.24, 2.45) is 0 Å². The molecule has 6 nitrogen and oxygen atoms in total. The van der Waals surface area contributed by atoms with Gasteiger partial charge >= 0.3 is 11.8 Å². The molecule has 0 saturated carbocycles. The molecule has 0 atom stereocenters. The van der Waals surface area contributed by atoms with Gasteiger partial charge in [-0.05, 0) is 18.7 Å². The lowest BCUT2D eigenvalue weighted by Crippen LogP contribution is -2.27. The van der Waals surface area contributed by atoms with E-state index in [1.54, 1.807) is 45.0 Å². The van der Waals surface area contributed by atoms with E-state index in [1.807, 2.05) is 6.92 Å². The Labute approximate surface area is 122 Å². The quantitative estimate of drug-likeness (QED) is 0.609. The van der Waals surface area contributed by atoms with Gasteiger partial charge in [0.2, 0.25) is 5.39 Å². The fraction of sp³-hybridized carbons (Fsp3) is 0.462. The van der Waals surface area contributed by atoms with Crippen molar-refractivity contribution in [2.75, 3.05) is 31.4 Å². The van der Waals surface area contributed by atoms with Crippen LogP contribution >= 0.6 is 11.8 Å². The Morgan fingerprint density at radius 2 is 2.15 bits per heavy atom. The van der Waals surface area contributed by atoms with Gasteiger partial charge in [0, 0.05) is 7.05 Å². The van der Waals surface area contributed by atoms with Crippen molar-refractivity contribution in [1.29, 1.82) is 5.39 Å². The number of nitrogens with zero attached hydrogens (tertiary/aromatic N) is 3. The average Bonchev–Trinajstić information content (AvgIpc) is 2.46. The van der Waals surface area contributed by atoms with Crippen molar-refractivity contribution in [3.8, 4) is 5.75 Å². The van der Waals surface area contributed by atoms with Crippen LogP contribution in [0, 0.1) is 5.39 Å². The van der Waals surface area contributed by atoms with Crippen molar-refractivity contribution in [3.05, 3.63) is 17.1 Å². The maximum absolute atomic E-state index is 11.8. The van der Waals surface area contributed by atoms with Crippen LogP contribution in [0.15, 0.2) is 17.0 Å². The molecule has 0 N–H and O–H groups in total. The highest BCUT2D eigenvalue weighted by Crippen LogP contribution is 2.40. The van der Waals surface area contributed by atoms with E-state index in [9.17, 15) is 4.79 Å². The summed E-state index contributed by atoms with van der Waals surface area (Å²) in [5.74, 6) is 1.46. The van der Waals surface area contributed by atoms with Crippen LogP contribution in [0.25, 0.3) is 4.98 Å². The van der Waals surface area contributed by atoms with E-state index >= 15 is 0 Å². The topological polar surface area (TPSA) is 66.9 Å². The van der Waals surface area contributed by atoms with Gasteiger partial charge in [-0.1, -0.05) is 6.92 Å². The van der Waals surface area contributed by atoms with E-state index in [-0.39, 0.29) is 12.3 Å². The zero-order valence-electron chi connectivity index (χ0n) is 12.0. The number of amides is 1. The average molecular weight is 296 g/mol. The number of rotatable bonds is 5. The fourth-order valence-corrected chi connectivity index (χ4v) is 2.42. The number of ether oxygens (including phenoxy) is 2. The Morgan fingerprint density at radius 3 is 2.65 bits per heavy atom. The summed E-state index contributed by atoms with van der Waals surface area (Å²) in [4.78, 5) is 17.2. The van der Waals surface area contributed by atoms with Crippen molar-refractivity contribution < 1.29 is 14.3 Å². The van der Waals surface area contributed by atoms with Crippen molar-refractivity contribution in [1.82, 2.24) is 0 Å². The van der Waals surface area contributed by atoms with Crippen LogP contribution in [0.1, 0.15) is 13.8 Å². The molecule has 0 bridgehead atoms. The molecule has 20 heavy (non-hydrogen) atoms. The lowest BCUT2D eigenvalue weighted by Gasteiger charge is -2.16. The molecule has 0 unspecified atom stereocenters. The van der Waals surface area contributed by atoms with Crippen molar-refractivity contribution in [2.45, 2.75) is 18.7 Å². The van der Waals surface area contributed by atoms with E-state index in [4.69, 9.17) is 14.9 Å². The summed E-state index contributed by atoms with van der Waals surface area (Å²) in [5.41, 5.74) is 0.709. The predicted octanol–water partition coefficient (Wildman–Crippen LogP) is 3.88. The Morgan fingerprint density at radius 1 is 1.45 bits per heavy atom. The van der Waals surface area contributed by atoms with Gasteiger partial charge in [-0.2, -0.15) is 0 Å². The van der Waals surface area contributed by atoms with E-state index < -0.39 is 6.09 Å². The van der Waals surface area contributed by atoms with Crippen molar-refractivity contribution in [3.63, 3.8) is 0 Å². The molecular weight excluding hydrogens is 278 g/mol. The monoisotopic (exact) mass is 296 g/mol. The Kier molecular flexibility index (Phi) is 6.12. The van der Waals surface area contributed by atoms with Crippen LogP contribution in [0.3, 0.4) is 0 Å². The Balaban J connectivity index is 3.26. The molecule has 0 aromatic heterocycles. The summed E-state index contributed by atoms with van der Waals surface area (Å²) >= 11 is 1.58. The summed E-state index contributed by atoms with van der Waals surface area (Å²) in [7, 11) is 3.11. The lowest BCUT2D eigenvalue weighted by atomic mass is 10.2. The second-order valence-corrected chi connectivity index (χ2v) is 5.09. The van der Waals surface area contributed by atoms with Crippen molar-refractivity contribution >= 4 is 29.2 Å². The standard InChI is InChI=1S/C13H18N3O3S/c1-5-19-13(17)16(3)10-8-12(20-6-2)11(18-4)7-9(10)15-14/h7-8H,5-6H2,1-4H3/q+1. The Bertz CT molecular complexity index is 528. The number of thioether (sulfide) groups is 1. The smallest absolute Gasteiger partial charge is 0.414 e. The van der Waals surface area contributed by atoms with E-state index in [0.29, 0.717) is 11.4 Å². The molecular formula is C13H18N3O3S+. The van der Waals surface area contributed by atoms with Crippen LogP contribution in [0.5, 0.6) is 5.75 Å². The zero-order chi connectivity index (χ0) is 15.1. The van der Waals surface area contributed by atoms with E-state index in [2.05, 4.69) is 4.98 Å². The van der Waals surface area contributed by atoms with Crippen LogP contribution in [-0.4, -0.2) is 32.6 Å². The molecule has 7 heteroatoms. The number of hydrogen-bond donors (Lipinski definition) is 0. The number of hydrogen-bond acceptors (Lipinski definition) is 5. The summed E-state index contributed by atoms with van der Waals surface area (Å²) < 4.78 is 10.2. The molecule has 0 heterocycles. The van der Waals surface area contributed by atoms with Gasteiger partial charge in [0.1, 0.15) is 11.4 Å². The molecule has 1 aromatic carbocycles. The number of diazo groups is 1. The second-order valence-electron chi connectivity index (χ2n) is 3.78. The third kappa shape index (κ3) is 3.54. The van der Waals surface area contributed by atoms with Gasteiger partial charge in [0.05, 0.1) is 24.7 Å². The summed E-state index contributed by atoms with van der Waals surface area (Å²) in [5, 5.41) is 9.10. The van der Waals surface area contributed by atoms with Gasteiger partial charge in [-0.15, -0.1) is 11.8 Å². The largest absolute Gasteiger partial charge is 0.495 e. The lowest BCUT2D eigenvalue weighted by molar-refractivity contribution is 0.161. The Hall–Kier alpha value is -1.94. The highest BCUT2D eigenvalue weighted by molar-refractivity contribution is 7.99. The second kappa shape index (κ2) is 7.60. The summed E-state index contributed by atoms with van der Waals surface area (Å²) in [6.07, 6.45) is -0.505. The minimum Gasteiger partial charge on any atom is -0.495 e. The number of benzene rings is 1. The molecule has 108 valence electrons. The maximum Gasteiger partial charge on any atom is 0.414 e. The minimum absolute atomic E-state index is 0.248. The molecule has 0 aliphatic heterocycles. The molecule has 0 radical (unpaired) electrons. The van der Waals surface area contributed by atoms with E-state index in [0.717, 1.165) is 10.6 Å². The molecule has 0 fully saturated rings. The predicted molar refractivity (Wildman–Crippen MR) is 79.6 cm³/mol. The highest BCUT2D eigenvalue weighted by Gasteiger charge is 2.25. The minimum atomic E-state index is -0.505. The number of anilines is 1. The molecule has 1 aromatic rings. The van der Waals surface area contributed by atoms with E-state index in [1.165, 1.54) is 4.90 Å². The van der Waals surface area contributed by atoms with Crippen LogP contribution < -0.4 is 9.64 Å². The number of methoxy groups -OCH3 is 1. The van der Waals surface area contributed by atoms with Gasteiger partial charge in [0.25, 0.3) is 0 Å². The third-order valence-corrected chi connectivity index (χ3v) is 3.49. The van der Waals surface area contributed by atoms with Gasteiger partial charge < -0.3 is 9.47 Å². The first-order chi connectivity index (χ1) is 9.58.